The summed E-state index contributed by atoms with van der Waals surface area (Å²) in [6.07, 6.45) is 3.88. The number of amides is 2. The minimum Gasteiger partial charge on any atom is -0.354 e. The standard InChI is InChI=1S/C21H26N4O3/c26-20(17-9-4-10-22-17)23-13-15-6-5-11-25(14-15)21(27)19-12-18(24-28-19)16-7-2-1-3-8-16/h1-3,7-8,12,15,17,22H,4-6,9-11,13-14H2,(H,23,26). The van der Waals surface area contributed by atoms with E-state index in [2.05, 4.69) is 15.8 Å². The highest BCUT2D eigenvalue weighted by molar-refractivity contribution is 5.92. The van der Waals surface area contributed by atoms with Crippen molar-refractivity contribution in [3.63, 3.8) is 0 Å². The van der Waals surface area contributed by atoms with Gasteiger partial charge in [-0.2, -0.15) is 0 Å². The molecule has 2 aliphatic heterocycles. The molecule has 28 heavy (non-hydrogen) atoms. The molecule has 0 bridgehead atoms. The summed E-state index contributed by atoms with van der Waals surface area (Å²) >= 11 is 0. The zero-order valence-corrected chi connectivity index (χ0v) is 15.9. The Morgan fingerprint density at radius 1 is 1.21 bits per heavy atom. The van der Waals surface area contributed by atoms with Gasteiger partial charge < -0.3 is 20.1 Å². The predicted molar refractivity (Wildman–Crippen MR) is 105 cm³/mol. The molecule has 2 atom stereocenters. The first kappa shape index (κ1) is 18.7. The molecule has 0 spiro atoms. The molecule has 7 heteroatoms. The number of carbonyl (C=O) groups is 2. The van der Waals surface area contributed by atoms with Crippen molar-refractivity contribution in [2.75, 3.05) is 26.2 Å². The molecule has 1 aromatic heterocycles. The van der Waals surface area contributed by atoms with Gasteiger partial charge in [0.25, 0.3) is 5.91 Å². The maximum atomic E-state index is 12.8. The van der Waals surface area contributed by atoms with Crippen LogP contribution in [0.5, 0.6) is 0 Å². The maximum Gasteiger partial charge on any atom is 0.292 e. The fraction of sp³-hybridized carbons (Fsp3) is 0.476. The molecular weight excluding hydrogens is 356 g/mol. The highest BCUT2D eigenvalue weighted by Crippen LogP contribution is 2.22. The van der Waals surface area contributed by atoms with Gasteiger partial charge in [-0.3, -0.25) is 9.59 Å². The van der Waals surface area contributed by atoms with Crippen molar-refractivity contribution >= 4 is 11.8 Å². The third kappa shape index (κ3) is 4.25. The van der Waals surface area contributed by atoms with E-state index in [-0.39, 0.29) is 29.5 Å². The van der Waals surface area contributed by atoms with E-state index < -0.39 is 0 Å². The van der Waals surface area contributed by atoms with Crippen LogP contribution in [0.25, 0.3) is 11.3 Å². The number of nitrogens with zero attached hydrogens (tertiary/aromatic N) is 2. The average Bonchev–Trinajstić information content (AvgIpc) is 3.45. The van der Waals surface area contributed by atoms with Crippen molar-refractivity contribution in [2.24, 2.45) is 5.92 Å². The molecule has 0 saturated carbocycles. The van der Waals surface area contributed by atoms with E-state index in [4.69, 9.17) is 4.52 Å². The number of carbonyl (C=O) groups excluding carboxylic acids is 2. The minimum absolute atomic E-state index is 0.0630. The van der Waals surface area contributed by atoms with Gasteiger partial charge in [0.05, 0.1) is 6.04 Å². The highest BCUT2D eigenvalue weighted by atomic mass is 16.5. The molecule has 2 amide bonds. The van der Waals surface area contributed by atoms with Crippen LogP contribution in [0.2, 0.25) is 0 Å². The lowest BCUT2D eigenvalue weighted by atomic mass is 9.97. The second-order valence-electron chi connectivity index (χ2n) is 7.60. The van der Waals surface area contributed by atoms with Gasteiger partial charge >= 0.3 is 0 Å². The summed E-state index contributed by atoms with van der Waals surface area (Å²) in [6, 6.07) is 11.3. The Bertz CT molecular complexity index is 814. The van der Waals surface area contributed by atoms with Gasteiger partial charge in [-0.05, 0) is 38.1 Å². The second-order valence-corrected chi connectivity index (χ2v) is 7.60. The number of aromatic nitrogens is 1. The Morgan fingerprint density at radius 2 is 2.07 bits per heavy atom. The molecule has 1 aromatic carbocycles. The van der Waals surface area contributed by atoms with E-state index in [0.717, 1.165) is 37.8 Å². The lowest BCUT2D eigenvalue weighted by Gasteiger charge is -2.32. The molecular formula is C21H26N4O3. The first-order valence-corrected chi connectivity index (χ1v) is 10.0. The molecule has 2 N–H and O–H groups in total. The average molecular weight is 382 g/mol. The molecule has 2 fully saturated rings. The van der Waals surface area contributed by atoms with Crippen molar-refractivity contribution in [2.45, 2.75) is 31.7 Å². The van der Waals surface area contributed by atoms with Gasteiger partial charge in [0, 0.05) is 31.3 Å². The number of benzene rings is 1. The topological polar surface area (TPSA) is 87.5 Å². The molecule has 3 heterocycles. The SMILES string of the molecule is O=C(NCC1CCCN(C(=O)c2cc(-c3ccccc3)no2)C1)C1CCCN1. The lowest BCUT2D eigenvalue weighted by molar-refractivity contribution is -0.123. The molecule has 2 aliphatic rings. The van der Waals surface area contributed by atoms with Gasteiger partial charge in [0.2, 0.25) is 11.7 Å². The van der Waals surface area contributed by atoms with E-state index >= 15 is 0 Å². The fourth-order valence-corrected chi connectivity index (χ4v) is 3.97. The van der Waals surface area contributed by atoms with Gasteiger partial charge in [0.1, 0.15) is 5.69 Å². The van der Waals surface area contributed by atoms with Crippen molar-refractivity contribution in [3.8, 4) is 11.3 Å². The van der Waals surface area contributed by atoms with Crippen LogP contribution in [0, 0.1) is 5.92 Å². The Labute approximate surface area is 164 Å². The van der Waals surface area contributed by atoms with Crippen molar-refractivity contribution in [3.05, 3.63) is 42.2 Å². The summed E-state index contributed by atoms with van der Waals surface area (Å²) in [4.78, 5) is 26.8. The Hall–Kier alpha value is -2.67. The van der Waals surface area contributed by atoms with Crippen LogP contribution in [0.3, 0.4) is 0 Å². The first-order chi connectivity index (χ1) is 13.7. The fourth-order valence-electron chi connectivity index (χ4n) is 3.97. The van der Waals surface area contributed by atoms with E-state index in [1.165, 1.54) is 0 Å². The van der Waals surface area contributed by atoms with Crippen molar-refractivity contribution in [1.29, 1.82) is 0 Å². The third-order valence-electron chi connectivity index (χ3n) is 5.54. The Balaban J connectivity index is 1.33. The number of hydrogen-bond donors (Lipinski definition) is 2. The van der Waals surface area contributed by atoms with E-state index in [0.29, 0.717) is 25.3 Å². The molecule has 2 aromatic rings. The van der Waals surface area contributed by atoms with Gasteiger partial charge in [0.15, 0.2) is 0 Å². The third-order valence-corrected chi connectivity index (χ3v) is 5.54. The number of nitrogens with one attached hydrogen (secondary N) is 2. The molecule has 4 rings (SSSR count). The van der Waals surface area contributed by atoms with Crippen LogP contribution >= 0.6 is 0 Å². The van der Waals surface area contributed by atoms with Crippen LogP contribution in [-0.2, 0) is 4.79 Å². The zero-order chi connectivity index (χ0) is 19.3. The number of hydrogen-bond acceptors (Lipinski definition) is 5. The van der Waals surface area contributed by atoms with Crippen LogP contribution in [0.4, 0.5) is 0 Å². The summed E-state index contributed by atoms with van der Waals surface area (Å²) in [5.41, 5.74) is 1.58. The number of likely N-dealkylation sites (tertiary alicyclic amines) is 1. The van der Waals surface area contributed by atoms with Crippen LogP contribution < -0.4 is 10.6 Å². The maximum absolute atomic E-state index is 12.8. The zero-order valence-electron chi connectivity index (χ0n) is 15.9. The number of piperidine rings is 1. The minimum atomic E-state index is -0.136. The quantitative estimate of drug-likeness (QED) is 0.827. The second kappa shape index (κ2) is 8.56. The van der Waals surface area contributed by atoms with Gasteiger partial charge in [-0.25, -0.2) is 0 Å². The Morgan fingerprint density at radius 3 is 2.86 bits per heavy atom. The summed E-state index contributed by atoms with van der Waals surface area (Å²) in [5.74, 6) is 0.463. The molecule has 2 saturated heterocycles. The molecule has 7 nitrogen and oxygen atoms in total. The molecule has 148 valence electrons. The smallest absolute Gasteiger partial charge is 0.292 e. The highest BCUT2D eigenvalue weighted by Gasteiger charge is 2.28. The summed E-state index contributed by atoms with van der Waals surface area (Å²) in [5, 5.41) is 10.3. The summed E-state index contributed by atoms with van der Waals surface area (Å²) in [6.45, 7) is 2.84. The number of rotatable bonds is 5. The van der Waals surface area contributed by atoms with Crippen LogP contribution in [0.15, 0.2) is 40.9 Å². The molecule has 2 unspecified atom stereocenters. The Kier molecular flexibility index (Phi) is 5.71. The lowest BCUT2D eigenvalue weighted by Crippen LogP contribution is -2.46. The first-order valence-electron chi connectivity index (χ1n) is 10.0. The van der Waals surface area contributed by atoms with Gasteiger partial charge in [-0.1, -0.05) is 35.5 Å². The predicted octanol–water partition coefficient (Wildman–Crippen LogP) is 2.06. The monoisotopic (exact) mass is 382 g/mol. The summed E-state index contributed by atoms with van der Waals surface area (Å²) < 4.78 is 5.32. The normalized spacial score (nSPS) is 22.2. The summed E-state index contributed by atoms with van der Waals surface area (Å²) in [7, 11) is 0. The van der Waals surface area contributed by atoms with E-state index in [1.807, 2.05) is 35.2 Å². The molecule has 0 radical (unpaired) electrons. The van der Waals surface area contributed by atoms with Crippen molar-refractivity contribution in [1.82, 2.24) is 20.7 Å². The van der Waals surface area contributed by atoms with Crippen LogP contribution in [-0.4, -0.2) is 54.1 Å². The van der Waals surface area contributed by atoms with E-state index in [1.54, 1.807) is 6.07 Å². The van der Waals surface area contributed by atoms with Crippen LogP contribution in [0.1, 0.15) is 36.2 Å². The van der Waals surface area contributed by atoms with E-state index in [9.17, 15) is 9.59 Å². The van der Waals surface area contributed by atoms with Gasteiger partial charge in [-0.15, -0.1) is 0 Å². The largest absolute Gasteiger partial charge is 0.354 e. The molecule has 0 aliphatic carbocycles. The van der Waals surface area contributed by atoms with Crippen molar-refractivity contribution < 1.29 is 14.1 Å².